The minimum absolute atomic E-state index is 0.0199. The van der Waals surface area contributed by atoms with E-state index in [2.05, 4.69) is 81.5 Å². The van der Waals surface area contributed by atoms with Crippen LogP contribution in [0.2, 0.25) is 0 Å². The van der Waals surface area contributed by atoms with Gasteiger partial charge in [0.05, 0.1) is 0 Å². The number of nitrogens with zero attached hydrogens (tertiary/aromatic N) is 1. The van der Waals surface area contributed by atoms with Crippen LogP contribution in [0.1, 0.15) is 181 Å². The van der Waals surface area contributed by atoms with Gasteiger partial charge in [-0.15, -0.1) is 0 Å². The van der Waals surface area contributed by atoms with Crippen LogP contribution in [0.3, 0.4) is 0 Å². The molecule has 290 valence electrons. The van der Waals surface area contributed by atoms with Gasteiger partial charge < -0.3 is 23.8 Å². The van der Waals surface area contributed by atoms with E-state index in [1.807, 2.05) is 0 Å². The maximum Gasteiger partial charge on any atom is 0.186 e. The summed E-state index contributed by atoms with van der Waals surface area (Å²) in [5, 5.41) is 0. The number of allylic oxidation sites excluding steroid dienone is 8. The molecule has 2 fully saturated rings. The zero-order valence-corrected chi connectivity index (χ0v) is 33.6. The monoisotopic (exact) mass is 700 g/mol. The molecular formula is C45H81NO4. The van der Waals surface area contributed by atoms with E-state index in [0.29, 0.717) is 0 Å². The summed E-state index contributed by atoms with van der Waals surface area (Å²) < 4.78 is 25.7. The van der Waals surface area contributed by atoms with Crippen molar-refractivity contribution >= 4 is 0 Å². The summed E-state index contributed by atoms with van der Waals surface area (Å²) in [7, 11) is 5.92. The van der Waals surface area contributed by atoms with E-state index >= 15 is 0 Å². The summed E-state index contributed by atoms with van der Waals surface area (Å²) in [6, 6.07) is 0. The van der Waals surface area contributed by atoms with E-state index in [4.69, 9.17) is 18.9 Å². The molecule has 0 saturated carbocycles. The average Bonchev–Trinajstić information content (AvgIpc) is 3.63. The van der Waals surface area contributed by atoms with Gasteiger partial charge in [-0.2, -0.15) is 0 Å². The van der Waals surface area contributed by atoms with Crippen molar-refractivity contribution in [3.8, 4) is 0 Å². The van der Waals surface area contributed by atoms with Gasteiger partial charge in [0.1, 0.15) is 18.3 Å². The van der Waals surface area contributed by atoms with Crippen LogP contribution >= 0.6 is 0 Å². The number of ether oxygens (including phenoxy) is 4. The third-order valence-electron chi connectivity index (χ3n) is 10.3. The number of rotatable bonds is 33. The molecule has 0 spiro atoms. The fourth-order valence-electron chi connectivity index (χ4n) is 7.31. The molecule has 2 aliphatic rings. The van der Waals surface area contributed by atoms with Gasteiger partial charge in [0, 0.05) is 26.5 Å². The third-order valence-corrected chi connectivity index (χ3v) is 10.3. The molecule has 0 amide bonds. The Labute approximate surface area is 310 Å². The van der Waals surface area contributed by atoms with Crippen molar-refractivity contribution in [2.75, 3.05) is 27.7 Å². The Bertz CT molecular complexity index is 848. The van der Waals surface area contributed by atoms with E-state index in [-0.39, 0.29) is 24.6 Å². The molecule has 5 nitrogen and oxygen atoms in total. The van der Waals surface area contributed by atoms with E-state index in [0.717, 1.165) is 45.1 Å². The Hall–Kier alpha value is -1.24. The first-order valence-corrected chi connectivity index (χ1v) is 21.3. The molecule has 0 aromatic carbocycles. The zero-order valence-electron chi connectivity index (χ0n) is 33.6. The molecule has 0 radical (unpaired) electrons. The number of fused-ring (bicyclic) bond motifs is 1. The van der Waals surface area contributed by atoms with Crippen LogP contribution in [-0.4, -0.2) is 63.0 Å². The summed E-state index contributed by atoms with van der Waals surface area (Å²) in [5.41, 5.74) is 0. The number of hydrogen-bond donors (Lipinski definition) is 0. The predicted octanol–water partition coefficient (Wildman–Crippen LogP) is 12.8. The Morgan fingerprint density at radius 2 is 0.920 bits per heavy atom. The Morgan fingerprint density at radius 1 is 0.520 bits per heavy atom. The first-order chi connectivity index (χ1) is 24.5. The normalized spacial score (nSPS) is 22.1. The standard InChI is InChI=1S/C45H81NO4/c1-6-8-10-12-14-16-18-20-22-24-26-28-30-32-34-36-38-45(49-42-41(40-46(3)4)48-44(47-5)43(42)50-45)39-37-35-33-31-29-27-25-23-21-19-17-15-13-11-9-7-2/h14-17,20-23,41-44H,6-13,18-19,24-40H2,1-5H3/b16-14-,17-15-,22-20-,23-21-/t41-,42-,43-,44?/m1/s1. The fraction of sp³-hybridized carbons (Fsp3) is 0.822. The summed E-state index contributed by atoms with van der Waals surface area (Å²) in [4.78, 5) is 2.17. The largest absolute Gasteiger partial charge is 0.353 e. The molecule has 4 atom stereocenters. The Balaban J connectivity index is 1.66. The molecular weight excluding hydrogens is 618 g/mol. The molecule has 5 heteroatoms. The minimum atomic E-state index is -0.495. The van der Waals surface area contributed by atoms with Gasteiger partial charge in [0.25, 0.3) is 0 Å². The van der Waals surface area contributed by atoms with E-state index in [1.54, 1.807) is 7.11 Å². The Morgan fingerprint density at radius 3 is 1.34 bits per heavy atom. The van der Waals surface area contributed by atoms with Gasteiger partial charge in [-0.25, -0.2) is 0 Å². The van der Waals surface area contributed by atoms with Crippen molar-refractivity contribution in [1.29, 1.82) is 0 Å². The molecule has 50 heavy (non-hydrogen) atoms. The van der Waals surface area contributed by atoms with Gasteiger partial charge in [0.15, 0.2) is 12.1 Å². The molecule has 2 aliphatic heterocycles. The molecule has 0 aromatic rings. The summed E-state index contributed by atoms with van der Waals surface area (Å²) in [6.07, 6.45) is 50.5. The highest BCUT2D eigenvalue weighted by molar-refractivity contribution is 4.98. The van der Waals surface area contributed by atoms with E-state index in [9.17, 15) is 0 Å². The van der Waals surface area contributed by atoms with Crippen LogP contribution in [0.4, 0.5) is 0 Å². The topological polar surface area (TPSA) is 40.2 Å². The molecule has 2 rings (SSSR count). The van der Waals surface area contributed by atoms with Gasteiger partial charge in [-0.05, 0) is 91.1 Å². The summed E-state index contributed by atoms with van der Waals surface area (Å²) >= 11 is 0. The predicted molar refractivity (Wildman–Crippen MR) is 215 cm³/mol. The van der Waals surface area contributed by atoms with Crippen LogP contribution in [0.15, 0.2) is 48.6 Å². The lowest BCUT2D eigenvalue weighted by Gasteiger charge is -2.32. The van der Waals surface area contributed by atoms with Gasteiger partial charge >= 0.3 is 0 Å². The van der Waals surface area contributed by atoms with Crippen molar-refractivity contribution in [3.63, 3.8) is 0 Å². The third kappa shape index (κ3) is 20.7. The average molecular weight is 700 g/mol. The van der Waals surface area contributed by atoms with Gasteiger partial charge in [0.2, 0.25) is 0 Å². The quantitative estimate of drug-likeness (QED) is 0.0504. The second-order valence-corrected chi connectivity index (χ2v) is 15.3. The fourth-order valence-corrected chi connectivity index (χ4v) is 7.31. The van der Waals surface area contributed by atoms with Crippen molar-refractivity contribution in [2.24, 2.45) is 0 Å². The number of methoxy groups -OCH3 is 1. The highest BCUT2D eigenvalue weighted by atomic mass is 16.8. The number of likely N-dealkylation sites (N-methyl/N-ethyl adjacent to an activating group) is 1. The molecule has 0 N–H and O–H groups in total. The van der Waals surface area contributed by atoms with Crippen LogP contribution in [0.25, 0.3) is 0 Å². The van der Waals surface area contributed by atoms with E-state index in [1.165, 1.54) is 128 Å². The number of unbranched alkanes of at least 4 members (excludes halogenated alkanes) is 18. The van der Waals surface area contributed by atoms with Crippen LogP contribution in [0, 0.1) is 0 Å². The molecule has 2 saturated heterocycles. The molecule has 0 bridgehead atoms. The smallest absolute Gasteiger partial charge is 0.186 e. The van der Waals surface area contributed by atoms with Crippen LogP contribution in [-0.2, 0) is 18.9 Å². The van der Waals surface area contributed by atoms with E-state index < -0.39 is 5.79 Å². The highest BCUT2D eigenvalue weighted by Gasteiger charge is 2.58. The first kappa shape index (κ1) is 44.9. The van der Waals surface area contributed by atoms with Crippen molar-refractivity contribution in [2.45, 2.75) is 211 Å². The first-order valence-electron chi connectivity index (χ1n) is 21.3. The molecule has 0 aliphatic carbocycles. The second kappa shape index (κ2) is 30.2. The lowest BCUT2D eigenvalue weighted by Crippen LogP contribution is -2.39. The molecule has 1 unspecified atom stereocenters. The maximum absolute atomic E-state index is 6.89. The SMILES string of the molecule is CCCCC/C=C\C/C=C\CCCCCCCCC1(CCCCCCCC/C=C\C/C=C\CCCCC)O[C@@H]2[C@@H](CN(C)C)OC(OC)[C@@H]2O1. The van der Waals surface area contributed by atoms with Crippen molar-refractivity contribution < 1.29 is 18.9 Å². The summed E-state index contributed by atoms with van der Waals surface area (Å²) in [5.74, 6) is -0.495. The van der Waals surface area contributed by atoms with Crippen LogP contribution < -0.4 is 0 Å². The second-order valence-electron chi connectivity index (χ2n) is 15.3. The molecule has 2 heterocycles. The van der Waals surface area contributed by atoms with Gasteiger partial charge in [-0.1, -0.05) is 140 Å². The lowest BCUT2D eigenvalue weighted by atomic mass is 9.98. The van der Waals surface area contributed by atoms with Gasteiger partial charge in [-0.3, -0.25) is 0 Å². The molecule has 0 aromatic heterocycles. The highest BCUT2D eigenvalue weighted by Crippen LogP contribution is 2.44. The minimum Gasteiger partial charge on any atom is -0.353 e. The Kier molecular flexibility index (Phi) is 27.2. The van der Waals surface area contributed by atoms with Crippen molar-refractivity contribution in [1.82, 2.24) is 4.90 Å². The maximum atomic E-state index is 6.89. The zero-order chi connectivity index (χ0) is 36.0. The number of hydrogen-bond acceptors (Lipinski definition) is 5. The summed E-state index contributed by atoms with van der Waals surface area (Å²) in [6.45, 7) is 5.35. The lowest BCUT2D eigenvalue weighted by molar-refractivity contribution is -0.248. The van der Waals surface area contributed by atoms with Crippen molar-refractivity contribution in [3.05, 3.63) is 48.6 Å². The van der Waals surface area contributed by atoms with Crippen LogP contribution in [0.5, 0.6) is 0 Å².